The Labute approximate surface area is 215 Å². The molecule has 2 aromatic heterocycles. The first-order valence-electron chi connectivity index (χ1n) is 12.2. The van der Waals surface area contributed by atoms with Gasteiger partial charge in [-0.15, -0.1) is 0 Å². The number of aromatic nitrogens is 4. The fourth-order valence-electron chi connectivity index (χ4n) is 5.34. The smallest absolute Gasteiger partial charge is 0.345 e. The van der Waals surface area contributed by atoms with Crippen molar-refractivity contribution < 1.29 is 18.3 Å². The molecule has 1 aliphatic rings. The SMILES string of the molecule is CCOC(=O)c1cn(-c2ccc3c(c2)n(C)c(=O)n3C)c(=O)n(C2CCc3c2cccc3C(C)(F)F)c1=O. The Morgan fingerprint density at radius 3 is 2.45 bits per heavy atom. The van der Waals surface area contributed by atoms with Crippen molar-refractivity contribution in [3.8, 4) is 5.69 Å². The topological polar surface area (TPSA) is 97.2 Å². The standard InChI is InChI=1S/C27H26F2N4O5/c1-5-38-24(35)18-14-32(15-9-11-21-22(13-15)31(4)25(36)30(21)3)26(37)33(23(18)34)20-12-10-16-17(20)7-6-8-19(16)27(2,28)29/h6-9,11,13-14,20H,5,10,12H2,1-4H3. The van der Waals surface area contributed by atoms with Gasteiger partial charge in [-0.1, -0.05) is 18.2 Å². The van der Waals surface area contributed by atoms with Gasteiger partial charge in [0.05, 0.1) is 29.4 Å². The van der Waals surface area contributed by atoms with Gasteiger partial charge in [0.25, 0.3) is 11.5 Å². The normalized spacial score (nSPS) is 15.2. The molecule has 1 aliphatic carbocycles. The molecule has 198 valence electrons. The highest BCUT2D eigenvalue weighted by atomic mass is 19.3. The van der Waals surface area contributed by atoms with Gasteiger partial charge < -0.3 is 4.74 Å². The van der Waals surface area contributed by atoms with Crippen LogP contribution in [-0.4, -0.2) is 30.8 Å². The van der Waals surface area contributed by atoms with E-state index in [1.807, 2.05) is 0 Å². The number of carbonyl (C=O) groups excluding carboxylic acids is 1. The molecule has 0 radical (unpaired) electrons. The first-order chi connectivity index (χ1) is 18.0. The van der Waals surface area contributed by atoms with E-state index in [-0.39, 0.29) is 36.3 Å². The molecule has 0 fully saturated rings. The van der Waals surface area contributed by atoms with Crippen molar-refractivity contribution in [3.63, 3.8) is 0 Å². The predicted octanol–water partition coefficient (Wildman–Crippen LogP) is 3.01. The lowest BCUT2D eigenvalue weighted by Gasteiger charge is -2.20. The van der Waals surface area contributed by atoms with E-state index < -0.39 is 29.2 Å². The van der Waals surface area contributed by atoms with Crippen LogP contribution in [0.25, 0.3) is 16.7 Å². The zero-order valence-electron chi connectivity index (χ0n) is 21.3. The largest absolute Gasteiger partial charge is 0.462 e. The van der Waals surface area contributed by atoms with Crippen molar-refractivity contribution in [3.05, 3.63) is 96.2 Å². The number of alkyl halides is 2. The first kappa shape index (κ1) is 25.4. The van der Waals surface area contributed by atoms with Crippen molar-refractivity contribution in [2.45, 2.75) is 38.7 Å². The van der Waals surface area contributed by atoms with Crippen molar-refractivity contribution >= 4 is 17.0 Å². The summed E-state index contributed by atoms with van der Waals surface area (Å²) in [6.45, 7) is 2.41. The molecule has 0 bridgehead atoms. The number of esters is 1. The first-order valence-corrected chi connectivity index (χ1v) is 12.2. The van der Waals surface area contributed by atoms with E-state index in [1.54, 1.807) is 45.3 Å². The predicted molar refractivity (Wildman–Crippen MR) is 136 cm³/mol. The monoisotopic (exact) mass is 524 g/mol. The van der Waals surface area contributed by atoms with E-state index >= 15 is 0 Å². The minimum absolute atomic E-state index is 0.0106. The molecule has 11 heteroatoms. The average molecular weight is 525 g/mol. The maximum Gasteiger partial charge on any atom is 0.345 e. The highest BCUT2D eigenvalue weighted by molar-refractivity contribution is 5.88. The summed E-state index contributed by atoms with van der Waals surface area (Å²) >= 11 is 0. The molecule has 0 spiro atoms. The Bertz CT molecular complexity index is 1790. The van der Waals surface area contributed by atoms with Crippen LogP contribution in [-0.2, 0) is 31.2 Å². The van der Waals surface area contributed by atoms with Crippen LogP contribution in [0.4, 0.5) is 8.78 Å². The molecule has 0 saturated heterocycles. The van der Waals surface area contributed by atoms with Gasteiger partial charge in [-0.05, 0) is 49.1 Å². The third-order valence-electron chi connectivity index (χ3n) is 7.17. The summed E-state index contributed by atoms with van der Waals surface area (Å²) in [6, 6.07) is 8.48. The molecule has 38 heavy (non-hydrogen) atoms. The fraction of sp³-hybridized carbons (Fsp3) is 0.333. The number of halogens is 2. The molecule has 2 aromatic carbocycles. The number of nitrogens with zero attached hydrogens (tertiary/aromatic N) is 4. The summed E-state index contributed by atoms with van der Waals surface area (Å²) in [5.41, 5.74) is -0.0463. The van der Waals surface area contributed by atoms with Gasteiger partial charge in [-0.25, -0.2) is 23.2 Å². The van der Waals surface area contributed by atoms with Crippen LogP contribution in [0.2, 0.25) is 0 Å². The molecule has 0 N–H and O–H groups in total. The average Bonchev–Trinajstić information content (AvgIpc) is 3.38. The lowest BCUT2D eigenvalue weighted by molar-refractivity contribution is 0.0166. The number of benzene rings is 2. The quantitative estimate of drug-likeness (QED) is 0.374. The van der Waals surface area contributed by atoms with E-state index in [9.17, 15) is 28.0 Å². The fourth-order valence-corrected chi connectivity index (χ4v) is 5.34. The highest BCUT2D eigenvalue weighted by Crippen LogP contribution is 2.40. The summed E-state index contributed by atoms with van der Waals surface area (Å²) in [4.78, 5) is 52.6. The molecule has 4 aromatic rings. The second-order valence-electron chi connectivity index (χ2n) is 9.48. The van der Waals surface area contributed by atoms with Crippen LogP contribution in [0.1, 0.15) is 53.4 Å². The number of hydrogen-bond donors (Lipinski definition) is 0. The third kappa shape index (κ3) is 3.80. The molecule has 0 saturated carbocycles. The minimum atomic E-state index is -3.10. The molecule has 5 rings (SSSR count). The Hall–Kier alpha value is -4.28. The molecule has 9 nitrogen and oxygen atoms in total. The summed E-state index contributed by atoms with van der Waals surface area (Å²) in [6.07, 6.45) is 1.61. The molecule has 0 amide bonds. The van der Waals surface area contributed by atoms with Gasteiger partial charge in [0.15, 0.2) is 0 Å². The van der Waals surface area contributed by atoms with Gasteiger partial charge in [0, 0.05) is 32.8 Å². The summed E-state index contributed by atoms with van der Waals surface area (Å²) in [5.74, 6) is -4.00. The third-order valence-corrected chi connectivity index (χ3v) is 7.17. The van der Waals surface area contributed by atoms with E-state index in [4.69, 9.17) is 4.74 Å². The van der Waals surface area contributed by atoms with E-state index in [0.717, 1.165) is 22.3 Å². The number of fused-ring (bicyclic) bond motifs is 2. The molecule has 2 heterocycles. The molecule has 1 atom stereocenters. The Kier molecular flexibility index (Phi) is 5.96. The van der Waals surface area contributed by atoms with Crippen LogP contribution in [0.3, 0.4) is 0 Å². The second kappa shape index (κ2) is 8.93. The van der Waals surface area contributed by atoms with Gasteiger partial charge >= 0.3 is 17.3 Å². The minimum Gasteiger partial charge on any atom is -0.462 e. The Morgan fingerprint density at radius 1 is 1.05 bits per heavy atom. The van der Waals surface area contributed by atoms with E-state index in [0.29, 0.717) is 27.8 Å². The van der Waals surface area contributed by atoms with Crippen molar-refractivity contribution in [1.29, 1.82) is 0 Å². The Balaban J connectivity index is 1.78. The summed E-state index contributed by atoms with van der Waals surface area (Å²) in [7, 11) is 3.22. The van der Waals surface area contributed by atoms with E-state index in [2.05, 4.69) is 0 Å². The summed E-state index contributed by atoms with van der Waals surface area (Å²) < 4.78 is 38.7. The zero-order chi connectivity index (χ0) is 27.5. The van der Waals surface area contributed by atoms with Crippen molar-refractivity contribution in [2.24, 2.45) is 14.1 Å². The number of rotatable bonds is 5. The van der Waals surface area contributed by atoms with Gasteiger partial charge in [0.1, 0.15) is 5.56 Å². The van der Waals surface area contributed by atoms with Crippen molar-refractivity contribution in [1.82, 2.24) is 18.3 Å². The molecular formula is C27H26F2N4O5. The van der Waals surface area contributed by atoms with Crippen molar-refractivity contribution in [2.75, 3.05) is 6.61 Å². The van der Waals surface area contributed by atoms with Gasteiger partial charge in [-0.2, -0.15) is 0 Å². The van der Waals surface area contributed by atoms with Crippen LogP contribution >= 0.6 is 0 Å². The van der Waals surface area contributed by atoms with Crippen LogP contribution in [0, 0.1) is 0 Å². The van der Waals surface area contributed by atoms with Crippen LogP contribution in [0.15, 0.2) is 57.0 Å². The van der Waals surface area contributed by atoms with Crippen LogP contribution in [0.5, 0.6) is 0 Å². The molecular weight excluding hydrogens is 498 g/mol. The Morgan fingerprint density at radius 2 is 1.76 bits per heavy atom. The highest BCUT2D eigenvalue weighted by Gasteiger charge is 2.36. The lowest BCUT2D eigenvalue weighted by Crippen LogP contribution is -2.44. The maximum absolute atomic E-state index is 14.3. The number of carbonyl (C=O) groups is 1. The van der Waals surface area contributed by atoms with Gasteiger partial charge in [-0.3, -0.25) is 23.1 Å². The second-order valence-corrected chi connectivity index (χ2v) is 9.48. The zero-order valence-corrected chi connectivity index (χ0v) is 21.3. The number of imidazole rings is 1. The van der Waals surface area contributed by atoms with Crippen LogP contribution < -0.4 is 16.9 Å². The van der Waals surface area contributed by atoms with E-state index in [1.165, 1.54) is 21.3 Å². The number of hydrogen-bond acceptors (Lipinski definition) is 5. The lowest BCUT2D eigenvalue weighted by atomic mass is 9.98. The molecule has 1 unspecified atom stereocenters. The maximum atomic E-state index is 14.3. The summed E-state index contributed by atoms with van der Waals surface area (Å²) in [5, 5.41) is 0. The van der Waals surface area contributed by atoms with Gasteiger partial charge in [0.2, 0.25) is 0 Å². The molecule has 0 aliphatic heterocycles. The number of ether oxygens (including phenoxy) is 1. The number of aryl methyl sites for hydroxylation is 2.